The molecule has 0 aliphatic heterocycles. The molecule has 2 N–H and O–H groups in total. The highest BCUT2D eigenvalue weighted by molar-refractivity contribution is 6.04. The standard InChI is InChI=1S/C24H24N8O/c1-15(2)32-14-26-31-23(32)19-7-4-8-20(28-19)30-24(33)17-5-3-6-18(13-17)27-21-11-12-25-22(29-21)16-9-10-16/h3-8,11-16H,9-10H2,1-2H3,(H,25,27,29)(H,28,30,33). The molecule has 0 atom stereocenters. The van der Waals surface area contributed by atoms with Gasteiger partial charge in [-0.3, -0.25) is 4.79 Å². The summed E-state index contributed by atoms with van der Waals surface area (Å²) in [7, 11) is 0. The highest BCUT2D eigenvalue weighted by atomic mass is 16.1. The van der Waals surface area contributed by atoms with E-state index < -0.39 is 0 Å². The topological polar surface area (TPSA) is 111 Å². The van der Waals surface area contributed by atoms with Gasteiger partial charge in [0.2, 0.25) is 0 Å². The number of carbonyl (C=O) groups excluding carboxylic acids is 1. The van der Waals surface area contributed by atoms with Gasteiger partial charge in [0.25, 0.3) is 5.91 Å². The molecule has 9 nitrogen and oxygen atoms in total. The molecule has 1 amide bonds. The summed E-state index contributed by atoms with van der Waals surface area (Å²) in [6.45, 7) is 4.10. The van der Waals surface area contributed by atoms with Gasteiger partial charge in [-0.05, 0) is 63.1 Å². The van der Waals surface area contributed by atoms with Gasteiger partial charge in [0.15, 0.2) is 5.82 Å². The first-order chi connectivity index (χ1) is 16.1. The van der Waals surface area contributed by atoms with Gasteiger partial charge in [-0.1, -0.05) is 12.1 Å². The minimum atomic E-state index is -0.255. The van der Waals surface area contributed by atoms with E-state index in [0.29, 0.717) is 34.6 Å². The molecule has 3 aromatic heterocycles. The van der Waals surface area contributed by atoms with E-state index in [0.717, 1.165) is 24.4 Å². The van der Waals surface area contributed by atoms with Crippen molar-refractivity contribution in [1.29, 1.82) is 0 Å². The van der Waals surface area contributed by atoms with E-state index in [-0.39, 0.29) is 11.9 Å². The summed E-state index contributed by atoms with van der Waals surface area (Å²) < 4.78 is 1.94. The molecule has 1 fully saturated rings. The third-order valence-corrected chi connectivity index (χ3v) is 5.36. The molecular weight excluding hydrogens is 416 g/mol. The van der Waals surface area contributed by atoms with Crippen LogP contribution in [-0.4, -0.2) is 35.6 Å². The predicted octanol–water partition coefficient (Wildman–Crippen LogP) is 4.58. The number of amides is 1. The van der Waals surface area contributed by atoms with Gasteiger partial charge in [-0.25, -0.2) is 15.0 Å². The summed E-state index contributed by atoms with van der Waals surface area (Å²) >= 11 is 0. The van der Waals surface area contributed by atoms with Crippen molar-refractivity contribution in [3.63, 3.8) is 0 Å². The Hall–Kier alpha value is -4.14. The zero-order chi connectivity index (χ0) is 22.8. The SMILES string of the molecule is CC(C)n1cnnc1-c1cccc(NC(=O)c2cccc(Nc3ccnc(C4CC4)n3)c2)n1. The van der Waals surface area contributed by atoms with Crippen LogP contribution in [0.25, 0.3) is 11.5 Å². The second-order valence-corrected chi connectivity index (χ2v) is 8.30. The van der Waals surface area contributed by atoms with Crippen LogP contribution in [0.15, 0.2) is 61.1 Å². The fourth-order valence-electron chi connectivity index (χ4n) is 3.49. The Morgan fingerprint density at radius 3 is 2.73 bits per heavy atom. The highest BCUT2D eigenvalue weighted by Crippen LogP contribution is 2.38. The van der Waals surface area contributed by atoms with Crippen molar-refractivity contribution in [1.82, 2.24) is 29.7 Å². The number of benzene rings is 1. The molecule has 1 aromatic carbocycles. The maximum atomic E-state index is 12.9. The number of anilines is 3. The summed E-state index contributed by atoms with van der Waals surface area (Å²) in [5, 5.41) is 14.3. The maximum Gasteiger partial charge on any atom is 0.256 e. The van der Waals surface area contributed by atoms with Crippen molar-refractivity contribution >= 4 is 23.2 Å². The Kier molecular flexibility index (Phi) is 5.52. The quantitative estimate of drug-likeness (QED) is 0.432. The first-order valence-electron chi connectivity index (χ1n) is 10.9. The molecule has 1 saturated carbocycles. The van der Waals surface area contributed by atoms with Gasteiger partial charge in [0, 0.05) is 29.4 Å². The predicted molar refractivity (Wildman–Crippen MR) is 125 cm³/mol. The van der Waals surface area contributed by atoms with Crippen molar-refractivity contribution < 1.29 is 4.79 Å². The van der Waals surface area contributed by atoms with Crippen LogP contribution in [0.3, 0.4) is 0 Å². The van der Waals surface area contributed by atoms with E-state index in [2.05, 4.69) is 35.8 Å². The number of nitrogens with one attached hydrogen (secondary N) is 2. The van der Waals surface area contributed by atoms with Gasteiger partial charge < -0.3 is 15.2 Å². The molecule has 3 heterocycles. The van der Waals surface area contributed by atoms with Gasteiger partial charge in [-0.2, -0.15) is 0 Å². The molecular formula is C24H24N8O. The molecule has 0 radical (unpaired) electrons. The van der Waals surface area contributed by atoms with Gasteiger partial charge in [0.1, 0.15) is 29.5 Å². The number of hydrogen-bond donors (Lipinski definition) is 2. The molecule has 5 rings (SSSR count). The van der Waals surface area contributed by atoms with E-state index in [1.165, 1.54) is 0 Å². The Balaban J connectivity index is 1.31. The van der Waals surface area contributed by atoms with Crippen LogP contribution in [0.1, 0.15) is 54.8 Å². The average Bonchev–Trinajstić information content (AvgIpc) is 3.55. The smallest absolute Gasteiger partial charge is 0.256 e. The van der Waals surface area contributed by atoms with Gasteiger partial charge >= 0.3 is 0 Å². The lowest BCUT2D eigenvalue weighted by Crippen LogP contribution is -2.13. The third-order valence-electron chi connectivity index (χ3n) is 5.36. The van der Waals surface area contributed by atoms with E-state index in [1.54, 1.807) is 30.7 Å². The van der Waals surface area contributed by atoms with Crippen molar-refractivity contribution in [2.75, 3.05) is 10.6 Å². The number of hydrogen-bond acceptors (Lipinski definition) is 7. The summed E-state index contributed by atoms with van der Waals surface area (Å²) in [6.07, 6.45) is 5.73. The number of pyridine rings is 1. The third kappa shape index (κ3) is 4.72. The van der Waals surface area contributed by atoms with E-state index in [1.807, 2.05) is 48.7 Å². The number of carbonyl (C=O) groups is 1. The van der Waals surface area contributed by atoms with Crippen molar-refractivity contribution in [2.45, 2.75) is 38.6 Å². The van der Waals surface area contributed by atoms with Crippen LogP contribution in [0.2, 0.25) is 0 Å². The summed E-state index contributed by atoms with van der Waals surface area (Å²) in [6, 6.07) is 14.7. The number of rotatable bonds is 7. The molecule has 33 heavy (non-hydrogen) atoms. The molecule has 166 valence electrons. The zero-order valence-corrected chi connectivity index (χ0v) is 18.4. The van der Waals surface area contributed by atoms with Crippen molar-refractivity contribution in [3.05, 3.63) is 72.4 Å². The first-order valence-corrected chi connectivity index (χ1v) is 10.9. The Labute approximate surface area is 191 Å². The summed E-state index contributed by atoms with van der Waals surface area (Å²) in [4.78, 5) is 26.4. The summed E-state index contributed by atoms with van der Waals surface area (Å²) in [5.41, 5.74) is 1.92. The number of nitrogens with zero attached hydrogens (tertiary/aromatic N) is 6. The van der Waals surface area contributed by atoms with E-state index in [4.69, 9.17) is 0 Å². The zero-order valence-electron chi connectivity index (χ0n) is 18.4. The molecule has 4 aromatic rings. The molecule has 9 heteroatoms. The monoisotopic (exact) mass is 440 g/mol. The van der Waals surface area contributed by atoms with Crippen LogP contribution < -0.4 is 10.6 Å². The van der Waals surface area contributed by atoms with Crippen LogP contribution >= 0.6 is 0 Å². The fraction of sp³-hybridized carbons (Fsp3) is 0.250. The molecule has 0 spiro atoms. The maximum absolute atomic E-state index is 12.9. The molecule has 1 aliphatic carbocycles. The van der Waals surface area contributed by atoms with Crippen LogP contribution in [0.4, 0.5) is 17.3 Å². The molecule has 0 bridgehead atoms. The normalized spacial score (nSPS) is 13.2. The lowest BCUT2D eigenvalue weighted by molar-refractivity contribution is 0.102. The van der Waals surface area contributed by atoms with Crippen LogP contribution in [0, 0.1) is 0 Å². The molecule has 1 aliphatic rings. The second kappa shape index (κ2) is 8.78. The lowest BCUT2D eigenvalue weighted by Gasteiger charge is -2.11. The molecule has 0 unspecified atom stereocenters. The first kappa shape index (κ1) is 20.7. The van der Waals surface area contributed by atoms with E-state index in [9.17, 15) is 4.79 Å². The minimum absolute atomic E-state index is 0.195. The number of aromatic nitrogens is 6. The van der Waals surface area contributed by atoms with Crippen molar-refractivity contribution in [2.24, 2.45) is 0 Å². The Morgan fingerprint density at radius 1 is 1.06 bits per heavy atom. The van der Waals surface area contributed by atoms with Gasteiger partial charge in [-0.15, -0.1) is 10.2 Å². The average molecular weight is 441 g/mol. The van der Waals surface area contributed by atoms with Crippen LogP contribution in [0.5, 0.6) is 0 Å². The Morgan fingerprint density at radius 2 is 1.91 bits per heavy atom. The minimum Gasteiger partial charge on any atom is -0.340 e. The molecule has 0 saturated heterocycles. The largest absolute Gasteiger partial charge is 0.340 e. The van der Waals surface area contributed by atoms with E-state index >= 15 is 0 Å². The highest BCUT2D eigenvalue weighted by Gasteiger charge is 2.26. The summed E-state index contributed by atoms with van der Waals surface area (Å²) in [5.74, 6) is 2.90. The van der Waals surface area contributed by atoms with Crippen LogP contribution in [-0.2, 0) is 0 Å². The lowest BCUT2D eigenvalue weighted by atomic mass is 10.2. The second-order valence-electron chi connectivity index (χ2n) is 8.30. The van der Waals surface area contributed by atoms with Gasteiger partial charge in [0.05, 0.1) is 0 Å². The Bertz CT molecular complexity index is 1290. The fourth-order valence-corrected chi connectivity index (χ4v) is 3.49. The van der Waals surface area contributed by atoms with Crippen molar-refractivity contribution in [3.8, 4) is 11.5 Å².